The van der Waals surface area contributed by atoms with Gasteiger partial charge >= 0.3 is 5.97 Å². The third-order valence-corrected chi connectivity index (χ3v) is 6.87. The summed E-state index contributed by atoms with van der Waals surface area (Å²) in [6.07, 6.45) is 8.77. The van der Waals surface area contributed by atoms with E-state index in [1.165, 1.54) is 36.2 Å². The Bertz CT molecular complexity index is 1750. The molecule has 17 heteroatoms. The zero-order chi connectivity index (χ0) is 33.4. The van der Waals surface area contributed by atoms with Crippen LogP contribution in [-0.4, -0.2) is 83.2 Å². The summed E-state index contributed by atoms with van der Waals surface area (Å²) < 4.78 is 10.9. The lowest BCUT2D eigenvalue weighted by Crippen LogP contribution is -2.29. The Hall–Kier alpha value is -5.71. The Balaban J connectivity index is 1.34. The fraction of sp³-hybridized carbons (Fsp3) is 0.345. The van der Waals surface area contributed by atoms with Gasteiger partial charge in [-0.1, -0.05) is 0 Å². The van der Waals surface area contributed by atoms with Crippen LogP contribution in [0.2, 0.25) is 0 Å². The number of esters is 1. The summed E-state index contributed by atoms with van der Waals surface area (Å²) >= 11 is 0. The van der Waals surface area contributed by atoms with E-state index in [4.69, 9.17) is 4.74 Å². The van der Waals surface area contributed by atoms with Gasteiger partial charge in [0.2, 0.25) is 11.7 Å². The van der Waals surface area contributed by atoms with E-state index in [0.29, 0.717) is 30.8 Å². The standard InChI is InChI=1S/C29H36N10O7/c1-36-11-9-30-24(36)27(43)32-18-13-20(37(2)15-18)26(42)31-8-7-23(41)34-22-17-39(10-5-6-12-40)25(35-22)28(44)33-19-14-21(29(45)46-4)38(3)16-19/h9,11,13-17,40H,5-8,10,12H2,1-4H3,(H,31,42)(H,32,43)(H,33,44)(H,34,41). The number of rotatable bonds is 14. The van der Waals surface area contributed by atoms with Crippen molar-refractivity contribution < 1.29 is 33.8 Å². The summed E-state index contributed by atoms with van der Waals surface area (Å²) in [5.74, 6) is -2.10. The maximum absolute atomic E-state index is 13.1. The Morgan fingerprint density at radius 2 is 1.48 bits per heavy atom. The van der Waals surface area contributed by atoms with E-state index >= 15 is 0 Å². The molecule has 0 spiro atoms. The highest BCUT2D eigenvalue weighted by Gasteiger charge is 2.20. The zero-order valence-corrected chi connectivity index (χ0v) is 25.9. The maximum Gasteiger partial charge on any atom is 0.354 e. The second-order valence-corrected chi connectivity index (χ2v) is 10.3. The number of ether oxygens (including phenoxy) is 1. The number of unbranched alkanes of at least 4 members (excludes halogenated alkanes) is 1. The number of hydrogen-bond donors (Lipinski definition) is 5. The molecule has 0 fully saturated rings. The number of nitrogens with zero attached hydrogens (tertiary/aromatic N) is 6. The first-order valence-electron chi connectivity index (χ1n) is 14.3. The summed E-state index contributed by atoms with van der Waals surface area (Å²) in [5, 5.41) is 19.9. The van der Waals surface area contributed by atoms with Gasteiger partial charge in [0.1, 0.15) is 11.4 Å². The number of aliphatic hydroxyl groups is 1. The smallest absolute Gasteiger partial charge is 0.354 e. The zero-order valence-electron chi connectivity index (χ0n) is 25.9. The minimum Gasteiger partial charge on any atom is -0.464 e. The number of aryl methyl sites for hydroxylation is 4. The molecule has 0 aliphatic heterocycles. The minimum atomic E-state index is -0.572. The van der Waals surface area contributed by atoms with Crippen molar-refractivity contribution in [1.82, 2.24) is 33.6 Å². The molecule has 0 saturated heterocycles. The van der Waals surface area contributed by atoms with Gasteiger partial charge in [0.25, 0.3) is 17.7 Å². The molecule has 0 aromatic carbocycles. The van der Waals surface area contributed by atoms with Crippen molar-refractivity contribution in [2.24, 2.45) is 21.1 Å². The van der Waals surface area contributed by atoms with Gasteiger partial charge in [-0.2, -0.15) is 0 Å². The number of carbonyl (C=O) groups is 5. The highest BCUT2D eigenvalue weighted by molar-refractivity contribution is 6.04. The second-order valence-electron chi connectivity index (χ2n) is 10.3. The topological polar surface area (TPSA) is 208 Å². The van der Waals surface area contributed by atoms with Crippen molar-refractivity contribution in [1.29, 1.82) is 0 Å². The summed E-state index contributed by atoms with van der Waals surface area (Å²) in [7, 11) is 6.24. The molecule has 0 bridgehead atoms. The van der Waals surface area contributed by atoms with Crippen LogP contribution in [0.25, 0.3) is 0 Å². The molecule has 0 saturated carbocycles. The monoisotopic (exact) mass is 636 g/mol. The molecule has 5 N–H and O–H groups in total. The number of aromatic nitrogens is 6. The SMILES string of the molecule is COC(=O)c1cc(NC(=O)c2nc(NC(=O)CCNC(=O)c3cc(NC(=O)c4nccn4C)cn3C)cn2CCCCO)cn1C. The number of anilines is 3. The molecule has 4 heterocycles. The molecule has 0 radical (unpaired) electrons. The van der Waals surface area contributed by atoms with Crippen LogP contribution < -0.4 is 21.3 Å². The number of amides is 4. The van der Waals surface area contributed by atoms with Crippen LogP contribution in [0, 0.1) is 0 Å². The van der Waals surface area contributed by atoms with Gasteiger partial charge in [-0.15, -0.1) is 0 Å². The number of hydrogen-bond acceptors (Lipinski definition) is 9. The predicted molar refractivity (Wildman–Crippen MR) is 165 cm³/mol. The lowest BCUT2D eigenvalue weighted by atomic mass is 10.3. The van der Waals surface area contributed by atoms with Crippen LogP contribution in [0.4, 0.5) is 17.2 Å². The largest absolute Gasteiger partial charge is 0.464 e. The number of aliphatic hydroxyl groups excluding tert-OH is 1. The average molecular weight is 637 g/mol. The molecule has 17 nitrogen and oxygen atoms in total. The Morgan fingerprint density at radius 1 is 0.826 bits per heavy atom. The molecule has 4 amide bonds. The summed E-state index contributed by atoms with van der Waals surface area (Å²) in [6, 6.07) is 2.98. The molecule has 46 heavy (non-hydrogen) atoms. The van der Waals surface area contributed by atoms with E-state index in [-0.39, 0.29) is 48.4 Å². The third kappa shape index (κ3) is 8.06. The van der Waals surface area contributed by atoms with Crippen molar-refractivity contribution in [3.05, 3.63) is 66.2 Å². The first kappa shape index (κ1) is 33.2. The Labute approximate surface area is 263 Å². The fourth-order valence-corrected chi connectivity index (χ4v) is 4.56. The van der Waals surface area contributed by atoms with Crippen molar-refractivity contribution in [3.8, 4) is 0 Å². The van der Waals surface area contributed by atoms with Crippen LogP contribution in [0.5, 0.6) is 0 Å². The molecule has 0 aliphatic carbocycles. The van der Waals surface area contributed by atoms with E-state index < -0.39 is 29.6 Å². The summed E-state index contributed by atoms with van der Waals surface area (Å²) in [6.45, 7) is 0.340. The maximum atomic E-state index is 13.1. The lowest BCUT2D eigenvalue weighted by molar-refractivity contribution is -0.116. The van der Waals surface area contributed by atoms with Crippen molar-refractivity contribution in [2.45, 2.75) is 25.8 Å². The number of carbonyl (C=O) groups excluding carboxylic acids is 5. The molecule has 4 rings (SSSR count). The number of nitrogens with one attached hydrogen (secondary N) is 4. The Morgan fingerprint density at radius 3 is 2.11 bits per heavy atom. The average Bonchev–Trinajstić information content (AvgIpc) is 3.79. The van der Waals surface area contributed by atoms with Gasteiger partial charge in [0.05, 0.1) is 18.5 Å². The second kappa shape index (κ2) is 14.8. The van der Waals surface area contributed by atoms with Crippen molar-refractivity contribution in [3.63, 3.8) is 0 Å². The summed E-state index contributed by atoms with van der Waals surface area (Å²) in [4.78, 5) is 71.2. The van der Waals surface area contributed by atoms with E-state index in [2.05, 4.69) is 31.2 Å². The van der Waals surface area contributed by atoms with Crippen LogP contribution in [0.1, 0.15) is 61.5 Å². The van der Waals surface area contributed by atoms with Crippen LogP contribution in [0.3, 0.4) is 0 Å². The van der Waals surface area contributed by atoms with Gasteiger partial charge in [-0.05, 0) is 25.0 Å². The number of imidazole rings is 2. The van der Waals surface area contributed by atoms with Crippen LogP contribution in [-0.2, 0) is 37.2 Å². The highest BCUT2D eigenvalue weighted by atomic mass is 16.5. The predicted octanol–water partition coefficient (Wildman–Crippen LogP) is 1.12. The molecule has 0 atom stereocenters. The fourth-order valence-electron chi connectivity index (χ4n) is 4.56. The van der Waals surface area contributed by atoms with Crippen molar-refractivity contribution >= 4 is 46.8 Å². The van der Waals surface area contributed by atoms with E-state index in [1.54, 1.807) is 53.4 Å². The number of methoxy groups -OCH3 is 1. The van der Waals surface area contributed by atoms with Gasteiger partial charge < -0.3 is 49.4 Å². The van der Waals surface area contributed by atoms with E-state index in [9.17, 15) is 29.1 Å². The molecular weight excluding hydrogens is 600 g/mol. The molecule has 0 aliphatic rings. The quantitative estimate of drug-likeness (QED) is 0.0991. The van der Waals surface area contributed by atoms with Gasteiger partial charge in [-0.3, -0.25) is 19.2 Å². The van der Waals surface area contributed by atoms with Gasteiger partial charge in [-0.25, -0.2) is 14.8 Å². The Kier molecular flexibility index (Phi) is 10.7. The third-order valence-electron chi connectivity index (χ3n) is 6.87. The normalized spacial score (nSPS) is 10.8. The van der Waals surface area contributed by atoms with Crippen molar-refractivity contribution in [2.75, 3.05) is 36.2 Å². The van der Waals surface area contributed by atoms with Crippen LogP contribution >= 0.6 is 0 Å². The van der Waals surface area contributed by atoms with Gasteiger partial charge in [0.15, 0.2) is 11.6 Å². The first-order valence-corrected chi connectivity index (χ1v) is 14.3. The van der Waals surface area contributed by atoms with Gasteiger partial charge in [0, 0.05) is 78.2 Å². The minimum absolute atomic E-state index is 0.00585. The highest BCUT2D eigenvalue weighted by Crippen LogP contribution is 2.17. The molecule has 4 aromatic rings. The van der Waals surface area contributed by atoms with Crippen LogP contribution in [0.15, 0.2) is 43.1 Å². The van der Waals surface area contributed by atoms with E-state index in [1.807, 2.05) is 0 Å². The molecule has 244 valence electrons. The molecular formula is C29H36N10O7. The summed E-state index contributed by atoms with van der Waals surface area (Å²) in [5.41, 5.74) is 1.26. The lowest BCUT2D eigenvalue weighted by Gasteiger charge is -2.06. The van der Waals surface area contributed by atoms with E-state index in [0.717, 1.165) is 0 Å². The molecule has 0 unspecified atom stereocenters. The first-order chi connectivity index (χ1) is 22.0. The molecule has 4 aromatic heterocycles.